The molecule has 1 aliphatic rings. The zero-order chi connectivity index (χ0) is 12.3. The van der Waals surface area contributed by atoms with Crippen molar-refractivity contribution in [1.29, 1.82) is 0 Å². The van der Waals surface area contributed by atoms with Crippen molar-refractivity contribution in [3.63, 3.8) is 0 Å². The highest BCUT2D eigenvalue weighted by Crippen LogP contribution is 2.30. The van der Waals surface area contributed by atoms with E-state index in [1.54, 1.807) is 0 Å². The normalized spacial score (nSPS) is 20.8. The standard InChI is InChI=1S/C13H14O4/c1-9(14)16-13(10-5-3-2-4-6-10)11-7-8-12(15)17-11/h2-6,11,13H,7-8H2,1H3/t11-,13+/m0/s1. The third kappa shape index (κ3) is 2.84. The molecule has 0 amide bonds. The first-order chi connectivity index (χ1) is 8.16. The van der Waals surface area contributed by atoms with E-state index in [2.05, 4.69) is 0 Å². The van der Waals surface area contributed by atoms with E-state index in [9.17, 15) is 9.59 Å². The van der Waals surface area contributed by atoms with Crippen LogP contribution in [0.1, 0.15) is 31.4 Å². The lowest BCUT2D eigenvalue weighted by atomic mass is 10.0. The molecule has 0 spiro atoms. The van der Waals surface area contributed by atoms with E-state index in [0.717, 1.165) is 5.56 Å². The van der Waals surface area contributed by atoms with Crippen molar-refractivity contribution < 1.29 is 19.1 Å². The fourth-order valence-corrected chi connectivity index (χ4v) is 1.94. The number of ether oxygens (including phenoxy) is 2. The van der Waals surface area contributed by atoms with E-state index in [-0.39, 0.29) is 18.0 Å². The van der Waals surface area contributed by atoms with Crippen LogP contribution >= 0.6 is 0 Å². The SMILES string of the molecule is CC(=O)O[C@H](c1ccccc1)[C@@H]1CCC(=O)O1. The summed E-state index contributed by atoms with van der Waals surface area (Å²) in [4.78, 5) is 22.2. The molecule has 2 rings (SSSR count). The Hall–Kier alpha value is -1.84. The number of hydrogen-bond acceptors (Lipinski definition) is 4. The summed E-state index contributed by atoms with van der Waals surface area (Å²) in [5, 5.41) is 0. The van der Waals surface area contributed by atoms with Gasteiger partial charge in [0.25, 0.3) is 0 Å². The van der Waals surface area contributed by atoms with Gasteiger partial charge in [-0.15, -0.1) is 0 Å². The Morgan fingerprint density at radius 2 is 2.12 bits per heavy atom. The van der Waals surface area contributed by atoms with Crippen molar-refractivity contribution in [2.75, 3.05) is 0 Å². The summed E-state index contributed by atoms with van der Waals surface area (Å²) < 4.78 is 10.4. The number of carbonyl (C=O) groups is 2. The third-order valence-electron chi connectivity index (χ3n) is 2.67. The maximum Gasteiger partial charge on any atom is 0.306 e. The molecule has 0 bridgehead atoms. The zero-order valence-electron chi connectivity index (χ0n) is 9.59. The van der Waals surface area contributed by atoms with Gasteiger partial charge in [0.2, 0.25) is 0 Å². The predicted molar refractivity (Wildman–Crippen MR) is 60.1 cm³/mol. The molecule has 4 nitrogen and oxygen atoms in total. The smallest absolute Gasteiger partial charge is 0.306 e. The van der Waals surface area contributed by atoms with Crippen molar-refractivity contribution >= 4 is 11.9 Å². The molecule has 17 heavy (non-hydrogen) atoms. The maximum atomic E-state index is 11.1. The molecule has 1 aromatic rings. The van der Waals surface area contributed by atoms with Crippen molar-refractivity contribution in [2.24, 2.45) is 0 Å². The molecule has 4 heteroatoms. The average molecular weight is 234 g/mol. The topological polar surface area (TPSA) is 52.6 Å². The van der Waals surface area contributed by atoms with Crippen LogP contribution in [0.25, 0.3) is 0 Å². The predicted octanol–water partition coefficient (Wildman–Crippen LogP) is 2.00. The van der Waals surface area contributed by atoms with E-state index >= 15 is 0 Å². The molecule has 0 radical (unpaired) electrons. The summed E-state index contributed by atoms with van der Waals surface area (Å²) in [5.41, 5.74) is 0.849. The van der Waals surface area contributed by atoms with Gasteiger partial charge in [0, 0.05) is 13.3 Å². The van der Waals surface area contributed by atoms with Gasteiger partial charge in [-0.05, 0) is 12.0 Å². The van der Waals surface area contributed by atoms with Crippen molar-refractivity contribution in [3.8, 4) is 0 Å². The van der Waals surface area contributed by atoms with E-state index in [1.165, 1.54) is 6.92 Å². The summed E-state index contributed by atoms with van der Waals surface area (Å²) in [5.74, 6) is -0.607. The molecular weight excluding hydrogens is 220 g/mol. The molecule has 1 fully saturated rings. The monoisotopic (exact) mass is 234 g/mol. The average Bonchev–Trinajstić information content (AvgIpc) is 2.73. The van der Waals surface area contributed by atoms with Crippen LogP contribution in [-0.2, 0) is 19.1 Å². The largest absolute Gasteiger partial charge is 0.458 e. The Kier molecular flexibility index (Phi) is 3.42. The number of rotatable bonds is 3. The first-order valence-electron chi connectivity index (χ1n) is 5.58. The number of cyclic esters (lactones) is 1. The molecule has 0 aliphatic carbocycles. The second-order valence-corrected chi connectivity index (χ2v) is 4.01. The van der Waals surface area contributed by atoms with E-state index in [1.807, 2.05) is 30.3 Å². The van der Waals surface area contributed by atoms with Crippen molar-refractivity contribution in [2.45, 2.75) is 32.0 Å². The summed E-state index contributed by atoms with van der Waals surface area (Å²) in [6, 6.07) is 9.33. The highest BCUT2D eigenvalue weighted by atomic mass is 16.6. The third-order valence-corrected chi connectivity index (χ3v) is 2.67. The molecule has 1 saturated heterocycles. The van der Waals surface area contributed by atoms with Gasteiger partial charge in [-0.2, -0.15) is 0 Å². The van der Waals surface area contributed by atoms with Crippen LogP contribution < -0.4 is 0 Å². The van der Waals surface area contributed by atoms with Crippen LogP contribution in [0, 0.1) is 0 Å². The quantitative estimate of drug-likeness (QED) is 0.750. The molecule has 0 aromatic heterocycles. The number of hydrogen-bond donors (Lipinski definition) is 0. The fourth-order valence-electron chi connectivity index (χ4n) is 1.94. The fraction of sp³-hybridized carbons (Fsp3) is 0.385. The molecule has 2 atom stereocenters. The molecule has 1 heterocycles. The van der Waals surface area contributed by atoms with E-state index < -0.39 is 6.10 Å². The van der Waals surface area contributed by atoms with E-state index in [4.69, 9.17) is 9.47 Å². The molecule has 1 aliphatic heterocycles. The summed E-state index contributed by atoms with van der Waals surface area (Å²) >= 11 is 0. The second kappa shape index (κ2) is 4.99. The minimum Gasteiger partial charge on any atom is -0.458 e. The summed E-state index contributed by atoms with van der Waals surface area (Å²) in [6.07, 6.45) is 0.106. The molecular formula is C13H14O4. The molecule has 0 saturated carbocycles. The van der Waals surface area contributed by atoms with Crippen LogP contribution in [-0.4, -0.2) is 18.0 Å². The van der Waals surface area contributed by atoms with Crippen LogP contribution in [0.15, 0.2) is 30.3 Å². The lowest BCUT2D eigenvalue weighted by molar-refractivity contribution is -0.160. The van der Waals surface area contributed by atoms with Crippen LogP contribution in [0.4, 0.5) is 0 Å². The Bertz CT molecular complexity index is 413. The van der Waals surface area contributed by atoms with Gasteiger partial charge in [0.05, 0.1) is 0 Å². The van der Waals surface area contributed by atoms with Gasteiger partial charge in [-0.1, -0.05) is 30.3 Å². The van der Waals surface area contributed by atoms with Crippen LogP contribution in [0.3, 0.4) is 0 Å². The second-order valence-electron chi connectivity index (χ2n) is 4.01. The lowest BCUT2D eigenvalue weighted by Gasteiger charge is -2.22. The molecule has 0 N–H and O–H groups in total. The Morgan fingerprint density at radius 1 is 1.41 bits per heavy atom. The molecule has 90 valence electrons. The Morgan fingerprint density at radius 3 is 2.65 bits per heavy atom. The van der Waals surface area contributed by atoms with Gasteiger partial charge in [0.15, 0.2) is 6.10 Å². The first kappa shape index (κ1) is 11.6. The number of benzene rings is 1. The Balaban J connectivity index is 2.19. The van der Waals surface area contributed by atoms with Gasteiger partial charge in [-0.3, -0.25) is 9.59 Å². The zero-order valence-corrected chi connectivity index (χ0v) is 9.59. The van der Waals surface area contributed by atoms with Gasteiger partial charge < -0.3 is 9.47 Å². The highest BCUT2D eigenvalue weighted by Gasteiger charge is 2.34. The minimum absolute atomic E-state index is 0.233. The van der Waals surface area contributed by atoms with Crippen LogP contribution in [0.2, 0.25) is 0 Å². The summed E-state index contributed by atoms with van der Waals surface area (Å²) in [6.45, 7) is 1.35. The van der Waals surface area contributed by atoms with Gasteiger partial charge in [0.1, 0.15) is 6.10 Å². The summed E-state index contributed by atoms with van der Waals surface area (Å²) in [7, 11) is 0. The minimum atomic E-state index is -0.500. The maximum absolute atomic E-state index is 11.1. The lowest BCUT2D eigenvalue weighted by Crippen LogP contribution is -2.23. The van der Waals surface area contributed by atoms with Gasteiger partial charge in [-0.25, -0.2) is 0 Å². The van der Waals surface area contributed by atoms with Crippen molar-refractivity contribution in [3.05, 3.63) is 35.9 Å². The first-order valence-corrected chi connectivity index (χ1v) is 5.58. The molecule has 1 aromatic carbocycles. The van der Waals surface area contributed by atoms with Gasteiger partial charge >= 0.3 is 11.9 Å². The van der Waals surface area contributed by atoms with E-state index in [0.29, 0.717) is 12.8 Å². The highest BCUT2D eigenvalue weighted by molar-refractivity contribution is 5.72. The number of carbonyl (C=O) groups excluding carboxylic acids is 2. The molecule has 0 unspecified atom stereocenters. The van der Waals surface area contributed by atoms with Crippen LogP contribution in [0.5, 0.6) is 0 Å². The number of esters is 2. The Labute approximate surface area is 99.5 Å². The van der Waals surface area contributed by atoms with Crippen molar-refractivity contribution in [1.82, 2.24) is 0 Å².